The van der Waals surface area contributed by atoms with E-state index in [0.717, 1.165) is 22.6 Å². The lowest BCUT2D eigenvalue weighted by molar-refractivity contribution is 0.803. The van der Waals surface area contributed by atoms with E-state index in [2.05, 4.69) is 4.98 Å². The summed E-state index contributed by atoms with van der Waals surface area (Å²) < 4.78 is 3.73. The van der Waals surface area contributed by atoms with Gasteiger partial charge in [0.05, 0.1) is 22.3 Å². The third-order valence-corrected chi connectivity index (χ3v) is 5.59. The summed E-state index contributed by atoms with van der Waals surface area (Å²) in [5, 5.41) is 1.31. The van der Waals surface area contributed by atoms with Gasteiger partial charge in [-0.15, -0.1) is 0 Å². The van der Waals surface area contributed by atoms with Crippen LogP contribution in [0.2, 0.25) is 0 Å². The number of hydrogen-bond acceptors (Lipinski definition) is 4. The van der Waals surface area contributed by atoms with E-state index < -0.39 is 0 Å². The lowest BCUT2D eigenvalue weighted by Gasteiger charge is -2.17. The van der Waals surface area contributed by atoms with Crippen LogP contribution in [0.25, 0.3) is 16.6 Å². The largest absolute Gasteiger partial charge is 0.337 e. The van der Waals surface area contributed by atoms with Crippen LogP contribution in [0.3, 0.4) is 0 Å². The Kier molecular flexibility index (Phi) is 4.58. The van der Waals surface area contributed by atoms with Crippen molar-refractivity contribution in [2.75, 3.05) is 0 Å². The van der Waals surface area contributed by atoms with Crippen molar-refractivity contribution in [3.63, 3.8) is 0 Å². The molecule has 0 aliphatic rings. The molecule has 4 rings (SSSR count). The number of hydrogen-bond donors (Lipinski definition) is 0. The van der Waals surface area contributed by atoms with Crippen LogP contribution >= 0.6 is 11.8 Å². The van der Waals surface area contributed by atoms with Crippen molar-refractivity contribution in [1.29, 1.82) is 0 Å². The molecule has 6 heteroatoms. The summed E-state index contributed by atoms with van der Waals surface area (Å²) in [5.74, 6) is 1.58. The quantitative estimate of drug-likeness (QED) is 0.399. The van der Waals surface area contributed by atoms with Crippen molar-refractivity contribution in [1.82, 2.24) is 19.1 Å². The molecule has 0 aliphatic carbocycles. The van der Waals surface area contributed by atoms with E-state index in [9.17, 15) is 4.79 Å². The molecule has 0 bridgehead atoms. The zero-order valence-electron chi connectivity index (χ0n) is 15.5. The predicted molar refractivity (Wildman–Crippen MR) is 110 cm³/mol. The maximum atomic E-state index is 13.4. The number of rotatable bonds is 4. The van der Waals surface area contributed by atoms with Crippen molar-refractivity contribution < 1.29 is 0 Å². The van der Waals surface area contributed by atoms with Crippen LogP contribution in [0.5, 0.6) is 0 Å². The molecule has 0 aliphatic heterocycles. The average molecular weight is 376 g/mol. The van der Waals surface area contributed by atoms with Crippen molar-refractivity contribution in [2.45, 2.75) is 24.8 Å². The Morgan fingerprint density at radius 1 is 1.04 bits per heavy atom. The summed E-state index contributed by atoms with van der Waals surface area (Å²) in [6.45, 7) is 4.05. The first-order valence-corrected chi connectivity index (χ1v) is 9.72. The minimum Gasteiger partial charge on any atom is -0.337 e. The Labute approximate surface area is 161 Å². The number of thioether (sulfide) groups is 1. The molecule has 0 saturated heterocycles. The van der Waals surface area contributed by atoms with Crippen molar-refractivity contribution in [3.05, 3.63) is 82.2 Å². The lowest BCUT2D eigenvalue weighted by Crippen LogP contribution is -2.23. The van der Waals surface area contributed by atoms with Gasteiger partial charge in [0.2, 0.25) is 0 Å². The molecule has 0 amide bonds. The number of aromatic nitrogens is 4. The molecule has 0 N–H and O–H groups in total. The van der Waals surface area contributed by atoms with Gasteiger partial charge < -0.3 is 4.57 Å². The van der Waals surface area contributed by atoms with E-state index in [1.54, 1.807) is 10.8 Å². The van der Waals surface area contributed by atoms with E-state index in [1.807, 2.05) is 74.1 Å². The summed E-state index contributed by atoms with van der Waals surface area (Å²) in [6, 6.07) is 13.6. The molecule has 0 atom stereocenters. The summed E-state index contributed by atoms with van der Waals surface area (Å²) >= 11 is 1.53. The molecule has 27 heavy (non-hydrogen) atoms. The Bertz CT molecular complexity index is 1170. The predicted octanol–water partition coefficient (Wildman–Crippen LogP) is 4.03. The van der Waals surface area contributed by atoms with Gasteiger partial charge >= 0.3 is 0 Å². The maximum absolute atomic E-state index is 13.4. The number of benzene rings is 2. The first-order chi connectivity index (χ1) is 13.1. The summed E-state index contributed by atoms with van der Waals surface area (Å²) in [7, 11) is 1.97. The molecule has 0 unspecified atom stereocenters. The van der Waals surface area contributed by atoms with Crippen LogP contribution in [-0.2, 0) is 12.8 Å². The lowest BCUT2D eigenvalue weighted by atomic mass is 10.1. The zero-order valence-corrected chi connectivity index (χ0v) is 16.3. The minimum atomic E-state index is -0.0414. The van der Waals surface area contributed by atoms with Gasteiger partial charge in [0, 0.05) is 19.4 Å². The Hall–Kier alpha value is -2.86. The second-order valence-electron chi connectivity index (χ2n) is 6.54. The molecular formula is C21H20N4OS. The minimum absolute atomic E-state index is 0.0414. The number of imidazole rings is 1. The smallest absolute Gasteiger partial charge is 0.266 e. The highest BCUT2D eigenvalue weighted by molar-refractivity contribution is 7.98. The van der Waals surface area contributed by atoms with Gasteiger partial charge in [-0.3, -0.25) is 9.36 Å². The highest BCUT2D eigenvalue weighted by Crippen LogP contribution is 2.27. The summed E-state index contributed by atoms with van der Waals surface area (Å²) in [4.78, 5) is 22.6. The second kappa shape index (κ2) is 7.04. The van der Waals surface area contributed by atoms with Crippen molar-refractivity contribution in [2.24, 2.45) is 7.05 Å². The van der Waals surface area contributed by atoms with Gasteiger partial charge in [0.25, 0.3) is 5.56 Å². The number of aryl methyl sites for hydroxylation is 3. The fourth-order valence-electron chi connectivity index (χ4n) is 3.23. The van der Waals surface area contributed by atoms with E-state index in [1.165, 1.54) is 11.8 Å². The Balaban J connectivity index is 1.93. The highest BCUT2D eigenvalue weighted by Gasteiger charge is 2.17. The maximum Gasteiger partial charge on any atom is 0.266 e. The first-order valence-electron chi connectivity index (χ1n) is 8.73. The van der Waals surface area contributed by atoms with E-state index in [-0.39, 0.29) is 5.56 Å². The fraction of sp³-hybridized carbons (Fsp3) is 0.190. The third kappa shape index (κ3) is 3.17. The molecule has 0 radical (unpaired) electrons. The van der Waals surface area contributed by atoms with Gasteiger partial charge in [-0.2, -0.15) is 0 Å². The van der Waals surface area contributed by atoms with Gasteiger partial charge in [-0.25, -0.2) is 9.97 Å². The molecule has 0 saturated carbocycles. The van der Waals surface area contributed by atoms with Crippen LogP contribution in [-0.4, -0.2) is 19.1 Å². The van der Waals surface area contributed by atoms with Crippen LogP contribution in [0.15, 0.2) is 64.8 Å². The first kappa shape index (κ1) is 17.5. The normalized spacial score (nSPS) is 11.2. The third-order valence-electron chi connectivity index (χ3n) is 4.66. The van der Waals surface area contributed by atoms with Gasteiger partial charge in [-0.1, -0.05) is 42.1 Å². The van der Waals surface area contributed by atoms with E-state index in [4.69, 9.17) is 4.98 Å². The van der Waals surface area contributed by atoms with Gasteiger partial charge in [0.1, 0.15) is 5.82 Å². The SMILES string of the molecule is Cc1cccc(C)c1-n1c(SCc2nccn2C)nc2ccccc2c1=O. The van der Waals surface area contributed by atoms with Crippen LogP contribution in [0, 0.1) is 13.8 Å². The summed E-state index contributed by atoms with van der Waals surface area (Å²) in [5.41, 5.74) is 3.68. The number of para-hydroxylation sites is 2. The van der Waals surface area contributed by atoms with Crippen LogP contribution < -0.4 is 5.56 Å². The molecular weight excluding hydrogens is 356 g/mol. The molecule has 4 aromatic rings. The van der Waals surface area contributed by atoms with Crippen molar-refractivity contribution >= 4 is 22.7 Å². The Morgan fingerprint density at radius 3 is 2.48 bits per heavy atom. The second-order valence-corrected chi connectivity index (χ2v) is 7.48. The molecule has 2 aromatic carbocycles. The van der Waals surface area contributed by atoms with E-state index >= 15 is 0 Å². The van der Waals surface area contributed by atoms with Gasteiger partial charge in [-0.05, 0) is 37.1 Å². The summed E-state index contributed by atoms with van der Waals surface area (Å²) in [6.07, 6.45) is 3.70. The molecule has 5 nitrogen and oxygen atoms in total. The standard InChI is InChI=1S/C21H20N4OS/c1-14-7-6-8-15(2)19(14)25-20(26)16-9-4-5-10-17(16)23-21(25)27-13-18-22-11-12-24(18)3/h4-12H,13H2,1-3H3. The average Bonchev–Trinajstić information content (AvgIpc) is 3.06. The fourth-order valence-corrected chi connectivity index (χ4v) is 4.23. The molecule has 2 aromatic heterocycles. The molecule has 0 spiro atoms. The van der Waals surface area contributed by atoms with Crippen molar-refractivity contribution in [3.8, 4) is 5.69 Å². The zero-order chi connectivity index (χ0) is 19.0. The molecule has 136 valence electrons. The van der Waals surface area contributed by atoms with Crippen LogP contribution in [0.4, 0.5) is 0 Å². The highest BCUT2D eigenvalue weighted by atomic mass is 32.2. The topological polar surface area (TPSA) is 52.7 Å². The monoisotopic (exact) mass is 376 g/mol. The Morgan fingerprint density at radius 2 is 1.78 bits per heavy atom. The number of fused-ring (bicyclic) bond motifs is 1. The number of nitrogens with zero attached hydrogens (tertiary/aromatic N) is 4. The van der Waals surface area contributed by atoms with Gasteiger partial charge in [0.15, 0.2) is 5.16 Å². The van der Waals surface area contributed by atoms with E-state index in [0.29, 0.717) is 21.8 Å². The molecule has 2 heterocycles. The van der Waals surface area contributed by atoms with Crippen LogP contribution in [0.1, 0.15) is 17.0 Å². The molecule has 0 fully saturated rings.